The Morgan fingerprint density at radius 1 is 1.30 bits per heavy atom. The van der Waals surface area contributed by atoms with E-state index in [2.05, 4.69) is 24.1 Å². The molecule has 3 rings (SSSR count). The van der Waals surface area contributed by atoms with E-state index in [0.29, 0.717) is 12.1 Å². The normalized spacial score (nSPS) is 24.4. The molecule has 1 aliphatic rings. The Kier molecular flexibility index (Phi) is 3.05. The van der Waals surface area contributed by atoms with Gasteiger partial charge >= 0.3 is 0 Å². The lowest BCUT2D eigenvalue weighted by Crippen LogP contribution is -2.57. The second-order valence-electron chi connectivity index (χ2n) is 6.10. The van der Waals surface area contributed by atoms with E-state index < -0.39 is 0 Å². The van der Waals surface area contributed by atoms with Gasteiger partial charge in [0.15, 0.2) is 0 Å². The average Bonchev–Trinajstić information content (AvgIpc) is 2.45. The van der Waals surface area contributed by atoms with E-state index in [0.717, 1.165) is 28.6 Å². The van der Waals surface area contributed by atoms with Crippen molar-refractivity contribution in [1.29, 1.82) is 0 Å². The number of aromatic nitrogens is 1. The summed E-state index contributed by atoms with van der Waals surface area (Å²) >= 11 is 0. The number of hydrogen-bond acceptors (Lipinski definition) is 4. The Morgan fingerprint density at radius 2 is 2.10 bits per heavy atom. The van der Waals surface area contributed by atoms with Crippen LogP contribution in [0.3, 0.4) is 0 Å². The van der Waals surface area contributed by atoms with Gasteiger partial charge in [-0.25, -0.2) is 0 Å². The summed E-state index contributed by atoms with van der Waals surface area (Å²) in [5.41, 5.74) is 8.03. The van der Waals surface area contributed by atoms with Crippen molar-refractivity contribution in [1.82, 2.24) is 4.98 Å². The van der Waals surface area contributed by atoms with Crippen molar-refractivity contribution in [3.8, 4) is 0 Å². The molecule has 106 valence electrons. The van der Waals surface area contributed by atoms with Gasteiger partial charge in [-0.05, 0) is 24.6 Å². The van der Waals surface area contributed by atoms with Crippen LogP contribution in [0.2, 0.25) is 0 Å². The van der Waals surface area contributed by atoms with Crippen LogP contribution in [0.5, 0.6) is 0 Å². The van der Waals surface area contributed by atoms with E-state index >= 15 is 0 Å². The Balaban J connectivity index is 1.91. The van der Waals surface area contributed by atoms with Gasteiger partial charge in [0.05, 0.1) is 6.10 Å². The molecule has 1 fully saturated rings. The Morgan fingerprint density at radius 3 is 2.80 bits per heavy atom. The van der Waals surface area contributed by atoms with E-state index in [4.69, 9.17) is 10.5 Å². The summed E-state index contributed by atoms with van der Waals surface area (Å²) in [7, 11) is 1.78. The molecule has 4 heteroatoms. The zero-order valence-electron chi connectivity index (χ0n) is 12.2. The molecule has 2 aromatic rings. The van der Waals surface area contributed by atoms with Gasteiger partial charge in [0.1, 0.15) is 0 Å². The molecule has 0 aliphatic heterocycles. The molecule has 1 aromatic carbocycles. The zero-order chi connectivity index (χ0) is 14.3. The number of anilines is 2. The van der Waals surface area contributed by atoms with E-state index in [-0.39, 0.29) is 5.41 Å². The molecule has 0 radical (unpaired) electrons. The summed E-state index contributed by atoms with van der Waals surface area (Å²) < 4.78 is 5.50. The van der Waals surface area contributed by atoms with Crippen LogP contribution in [0.15, 0.2) is 30.6 Å². The predicted octanol–water partition coefficient (Wildman–Crippen LogP) is 3.04. The first-order valence-electron chi connectivity index (χ1n) is 6.95. The molecule has 20 heavy (non-hydrogen) atoms. The van der Waals surface area contributed by atoms with E-state index in [1.54, 1.807) is 13.3 Å². The third kappa shape index (κ3) is 1.91. The highest BCUT2D eigenvalue weighted by Crippen LogP contribution is 2.44. The SMILES string of the molecule is COC1CC(Nc2ccc(N)c3ccncc23)C1(C)C. The number of nitrogens with zero attached hydrogens (tertiary/aromatic N) is 1. The summed E-state index contributed by atoms with van der Waals surface area (Å²) in [6.07, 6.45) is 4.98. The first kappa shape index (κ1) is 13.2. The predicted molar refractivity (Wildman–Crippen MR) is 82.8 cm³/mol. The fraction of sp³-hybridized carbons (Fsp3) is 0.438. The molecular formula is C16H21N3O. The minimum Gasteiger partial charge on any atom is -0.398 e. The summed E-state index contributed by atoms with van der Waals surface area (Å²) in [5.74, 6) is 0. The van der Waals surface area contributed by atoms with E-state index in [1.165, 1.54) is 0 Å². The van der Waals surface area contributed by atoms with Crippen molar-refractivity contribution in [2.24, 2.45) is 5.41 Å². The molecule has 1 saturated carbocycles. The quantitative estimate of drug-likeness (QED) is 0.842. The van der Waals surface area contributed by atoms with Crippen molar-refractivity contribution in [2.75, 3.05) is 18.2 Å². The minimum atomic E-state index is 0.130. The molecule has 0 saturated heterocycles. The molecule has 2 unspecified atom stereocenters. The van der Waals surface area contributed by atoms with Crippen LogP contribution >= 0.6 is 0 Å². The standard InChI is InChI=1S/C16H21N3O/c1-16(2)14(8-15(16)20-3)19-13-5-4-12(17)10-6-7-18-9-11(10)13/h4-7,9,14-15,19H,8,17H2,1-3H3. The number of benzene rings is 1. The number of methoxy groups -OCH3 is 1. The summed E-state index contributed by atoms with van der Waals surface area (Å²) in [5, 5.41) is 5.75. The zero-order valence-corrected chi connectivity index (χ0v) is 12.2. The van der Waals surface area contributed by atoms with Gasteiger partial charge in [-0.1, -0.05) is 13.8 Å². The first-order chi connectivity index (χ1) is 9.54. The van der Waals surface area contributed by atoms with Gasteiger partial charge in [-0.2, -0.15) is 0 Å². The number of nitrogens with one attached hydrogen (secondary N) is 1. The number of nitrogen functional groups attached to an aromatic ring is 1. The fourth-order valence-corrected chi connectivity index (χ4v) is 3.06. The van der Waals surface area contributed by atoms with Crippen molar-refractivity contribution >= 4 is 22.1 Å². The lowest BCUT2D eigenvalue weighted by atomic mass is 9.64. The van der Waals surface area contributed by atoms with Gasteiger partial charge < -0.3 is 15.8 Å². The van der Waals surface area contributed by atoms with E-state index in [1.807, 2.05) is 24.4 Å². The number of pyridine rings is 1. The van der Waals surface area contributed by atoms with E-state index in [9.17, 15) is 0 Å². The lowest BCUT2D eigenvalue weighted by Gasteiger charge is -2.51. The lowest BCUT2D eigenvalue weighted by molar-refractivity contribution is -0.0794. The second-order valence-corrected chi connectivity index (χ2v) is 6.10. The number of rotatable bonds is 3. The maximum absolute atomic E-state index is 6.02. The largest absolute Gasteiger partial charge is 0.398 e. The maximum atomic E-state index is 6.02. The fourth-order valence-electron chi connectivity index (χ4n) is 3.06. The van der Waals surface area contributed by atoms with Gasteiger partial charge in [0.2, 0.25) is 0 Å². The number of hydrogen-bond donors (Lipinski definition) is 2. The van der Waals surface area contributed by atoms with Crippen LogP contribution < -0.4 is 11.1 Å². The highest BCUT2D eigenvalue weighted by molar-refractivity contribution is 6.00. The number of ether oxygens (including phenoxy) is 1. The van der Waals surface area contributed by atoms with Crippen LogP contribution in [0.1, 0.15) is 20.3 Å². The van der Waals surface area contributed by atoms with Crippen molar-refractivity contribution in [2.45, 2.75) is 32.4 Å². The highest BCUT2D eigenvalue weighted by Gasteiger charge is 2.48. The van der Waals surface area contributed by atoms with Crippen LogP contribution in [-0.2, 0) is 4.74 Å². The molecule has 2 atom stereocenters. The third-order valence-corrected chi connectivity index (χ3v) is 4.64. The maximum Gasteiger partial charge on any atom is 0.0661 e. The molecule has 1 heterocycles. The van der Waals surface area contributed by atoms with Gasteiger partial charge in [0.25, 0.3) is 0 Å². The molecule has 0 amide bonds. The van der Waals surface area contributed by atoms with Gasteiger partial charge in [-0.15, -0.1) is 0 Å². The molecule has 4 nitrogen and oxygen atoms in total. The van der Waals surface area contributed by atoms with Crippen molar-refractivity contribution in [3.63, 3.8) is 0 Å². The average molecular weight is 271 g/mol. The Labute approximate surface area is 119 Å². The highest BCUT2D eigenvalue weighted by atomic mass is 16.5. The first-order valence-corrected chi connectivity index (χ1v) is 6.95. The third-order valence-electron chi connectivity index (χ3n) is 4.64. The molecule has 1 aliphatic carbocycles. The van der Waals surface area contributed by atoms with Crippen LogP contribution in [0.4, 0.5) is 11.4 Å². The molecule has 3 N–H and O–H groups in total. The van der Waals surface area contributed by atoms with Crippen LogP contribution in [-0.4, -0.2) is 24.2 Å². The van der Waals surface area contributed by atoms with Gasteiger partial charge in [-0.3, -0.25) is 4.98 Å². The monoisotopic (exact) mass is 271 g/mol. The van der Waals surface area contributed by atoms with Crippen LogP contribution in [0.25, 0.3) is 10.8 Å². The molecule has 0 bridgehead atoms. The molecule has 1 aromatic heterocycles. The Hall–Kier alpha value is -1.81. The number of fused-ring (bicyclic) bond motifs is 1. The molecular weight excluding hydrogens is 250 g/mol. The molecule has 0 spiro atoms. The smallest absolute Gasteiger partial charge is 0.0661 e. The van der Waals surface area contributed by atoms with Crippen molar-refractivity contribution < 1.29 is 4.74 Å². The van der Waals surface area contributed by atoms with Gasteiger partial charge in [0, 0.05) is 53.1 Å². The summed E-state index contributed by atoms with van der Waals surface area (Å²) in [6.45, 7) is 4.47. The second kappa shape index (κ2) is 4.63. The number of nitrogens with two attached hydrogens (primary N) is 1. The Bertz CT molecular complexity index is 639. The summed E-state index contributed by atoms with van der Waals surface area (Å²) in [6, 6.07) is 6.35. The van der Waals surface area contributed by atoms with Crippen LogP contribution in [0, 0.1) is 5.41 Å². The minimum absolute atomic E-state index is 0.130. The van der Waals surface area contributed by atoms with Crippen molar-refractivity contribution in [3.05, 3.63) is 30.6 Å². The summed E-state index contributed by atoms with van der Waals surface area (Å²) in [4.78, 5) is 4.21. The topological polar surface area (TPSA) is 60.2 Å².